The molecule has 0 heterocycles. The second-order valence-electron chi connectivity index (χ2n) is 6.40. The van der Waals surface area contributed by atoms with Crippen LogP contribution in [0.4, 0.5) is 0 Å². The van der Waals surface area contributed by atoms with Crippen molar-refractivity contribution in [3.63, 3.8) is 0 Å². The second-order valence-corrected chi connectivity index (χ2v) is 6.40. The van der Waals surface area contributed by atoms with Crippen LogP contribution in [0.1, 0.15) is 60.2 Å². The minimum absolute atomic E-state index is 0.0848. The number of aliphatic hydroxyl groups excluding tert-OH is 2. The van der Waals surface area contributed by atoms with Crippen LogP contribution in [0.2, 0.25) is 0 Å². The first kappa shape index (κ1) is 26.3. The van der Waals surface area contributed by atoms with E-state index < -0.39 is 11.9 Å². The van der Waals surface area contributed by atoms with E-state index in [1.807, 2.05) is 6.92 Å². The number of rotatable bonds is 8. The number of hydrogen-bond acceptors (Lipinski definition) is 4. The number of carbonyl (C=O) groups is 2. The third kappa shape index (κ3) is 12.4. The summed E-state index contributed by atoms with van der Waals surface area (Å²) in [6.07, 6.45) is 3.55. The molecule has 0 radical (unpaired) electrons. The third-order valence-corrected chi connectivity index (χ3v) is 4.20. The Morgan fingerprint density at radius 1 is 0.828 bits per heavy atom. The van der Waals surface area contributed by atoms with E-state index in [2.05, 4.69) is 6.92 Å². The van der Waals surface area contributed by atoms with E-state index in [0.29, 0.717) is 11.1 Å². The fourth-order valence-corrected chi connectivity index (χ4v) is 2.33. The largest absolute Gasteiger partial charge is 0.478 e. The summed E-state index contributed by atoms with van der Waals surface area (Å²) in [5, 5.41) is 35.1. The molecule has 2 aromatic rings. The van der Waals surface area contributed by atoms with E-state index in [1.54, 1.807) is 60.7 Å². The maximum Gasteiger partial charge on any atom is 0.335 e. The highest BCUT2D eigenvalue weighted by Gasteiger charge is 2.14. The molecule has 2 atom stereocenters. The Morgan fingerprint density at radius 3 is 1.48 bits per heavy atom. The molecule has 4 N–H and O–H groups in total. The summed E-state index contributed by atoms with van der Waals surface area (Å²) in [4.78, 5) is 20.4. The van der Waals surface area contributed by atoms with Gasteiger partial charge in [-0.25, -0.2) is 9.59 Å². The van der Waals surface area contributed by atoms with E-state index in [9.17, 15) is 14.7 Å². The lowest BCUT2D eigenvalue weighted by molar-refractivity contribution is 0.0572. The average molecular weight is 405 g/mol. The molecule has 0 spiro atoms. The van der Waals surface area contributed by atoms with Crippen molar-refractivity contribution in [3.05, 3.63) is 71.8 Å². The lowest BCUT2D eigenvalue weighted by atomic mass is 9.96. The molecular formula is C23H32O6. The first-order valence-corrected chi connectivity index (χ1v) is 9.72. The number of aromatic carboxylic acids is 2. The molecule has 6 nitrogen and oxygen atoms in total. The molecule has 160 valence electrons. The molecule has 0 saturated heterocycles. The summed E-state index contributed by atoms with van der Waals surface area (Å²) < 4.78 is 0. The van der Waals surface area contributed by atoms with Crippen molar-refractivity contribution < 1.29 is 30.0 Å². The van der Waals surface area contributed by atoms with E-state index in [1.165, 1.54) is 0 Å². The summed E-state index contributed by atoms with van der Waals surface area (Å²) in [5.41, 5.74) is 0.662. The van der Waals surface area contributed by atoms with Crippen molar-refractivity contribution in [1.82, 2.24) is 0 Å². The van der Waals surface area contributed by atoms with Gasteiger partial charge in [-0.3, -0.25) is 0 Å². The van der Waals surface area contributed by atoms with Crippen LogP contribution < -0.4 is 0 Å². The summed E-state index contributed by atoms with van der Waals surface area (Å²) in [6, 6.07) is 16.6. The van der Waals surface area contributed by atoms with Crippen LogP contribution >= 0.6 is 0 Å². The van der Waals surface area contributed by atoms with Gasteiger partial charge in [0.1, 0.15) is 0 Å². The van der Waals surface area contributed by atoms with Gasteiger partial charge in [0, 0.05) is 12.5 Å². The maximum absolute atomic E-state index is 10.2. The van der Waals surface area contributed by atoms with Crippen molar-refractivity contribution in [2.75, 3.05) is 6.61 Å². The van der Waals surface area contributed by atoms with E-state index in [4.69, 9.17) is 15.3 Å². The number of unbranched alkanes of at least 4 members (excludes halogenated alkanes) is 1. The number of aliphatic hydroxyl groups is 2. The van der Waals surface area contributed by atoms with Gasteiger partial charge in [-0.15, -0.1) is 0 Å². The molecule has 0 saturated carbocycles. The van der Waals surface area contributed by atoms with Gasteiger partial charge in [-0.2, -0.15) is 0 Å². The van der Waals surface area contributed by atoms with Gasteiger partial charge in [0.2, 0.25) is 0 Å². The zero-order chi connectivity index (χ0) is 22.1. The van der Waals surface area contributed by atoms with Gasteiger partial charge in [0.25, 0.3) is 0 Å². The molecule has 0 aliphatic rings. The predicted octanol–water partition coefficient (Wildman–Crippen LogP) is 4.33. The monoisotopic (exact) mass is 404 g/mol. The van der Waals surface area contributed by atoms with E-state index in [-0.39, 0.29) is 18.6 Å². The highest BCUT2D eigenvalue weighted by atomic mass is 16.4. The molecule has 0 aliphatic carbocycles. The first-order valence-electron chi connectivity index (χ1n) is 9.72. The van der Waals surface area contributed by atoms with Crippen LogP contribution in [-0.2, 0) is 0 Å². The van der Waals surface area contributed by atoms with Gasteiger partial charge >= 0.3 is 11.9 Å². The fraction of sp³-hybridized carbons (Fsp3) is 0.391. The normalized spacial score (nSPS) is 11.7. The quantitative estimate of drug-likeness (QED) is 0.521. The Balaban J connectivity index is 0.000000408. The lowest BCUT2D eigenvalue weighted by Gasteiger charge is -2.18. The molecule has 29 heavy (non-hydrogen) atoms. The number of benzene rings is 2. The number of carboxylic acid groups (broad SMARTS) is 2. The van der Waals surface area contributed by atoms with Crippen LogP contribution in [0.25, 0.3) is 0 Å². The van der Waals surface area contributed by atoms with Crippen molar-refractivity contribution in [2.24, 2.45) is 5.92 Å². The summed E-state index contributed by atoms with van der Waals surface area (Å²) in [5.74, 6) is -1.67. The van der Waals surface area contributed by atoms with Gasteiger partial charge in [0.15, 0.2) is 0 Å². The molecule has 6 heteroatoms. The van der Waals surface area contributed by atoms with E-state index >= 15 is 0 Å². The third-order valence-electron chi connectivity index (χ3n) is 4.20. The Bertz CT molecular complexity index is 619. The summed E-state index contributed by atoms with van der Waals surface area (Å²) >= 11 is 0. The Labute approximate surface area is 172 Å². The maximum atomic E-state index is 10.2. The molecule has 2 aromatic carbocycles. The van der Waals surface area contributed by atoms with Crippen LogP contribution in [0.15, 0.2) is 60.7 Å². The second kappa shape index (κ2) is 16.3. The number of carboxylic acids is 2. The molecule has 2 unspecified atom stereocenters. The van der Waals surface area contributed by atoms with Gasteiger partial charge in [0.05, 0.1) is 17.2 Å². The number of hydrogen-bond donors (Lipinski definition) is 4. The van der Waals surface area contributed by atoms with Crippen molar-refractivity contribution in [3.8, 4) is 0 Å². The Kier molecular flexibility index (Phi) is 14.8. The molecule has 0 aliphatic heterocycles. The molecule has 0 bridgehead atoms. The zero-order valence-electron chi connectivity index (χ0n) is 17.1. The molecule has 2 rings (SSSR count). The minimum atomic E-state index is -0.879. The topological polar surface area (TPSA) is 115 Å². The van der Waals surface area contributed by atoms with Crippen LogP contribution in [0, 0.1) is 5.92 Å². The molecular weight excluding hydrogens is 372 g/mol. The molecule has 0 fully saturated rings. The van der Waals surface area contributed by atoms with Gasteiger partial charge < -0.3 is 20.4 Å². The van der Waals surface area contributed by atoms with Crippen LogP contribution in [0.3, 0.4) is 0 Å². The van der Waals surface area contributed by atoms with Gasteiger partial charge in [-0.05, 0) is 37.1 Å². The standard InChI is InChI=1S/C9H20O2.2C7H6O2/c1-3-5-6-9(11)8(4-2)7-10;2*8-7(9)6-4-2-1-3-5-6/h8-11H,3-7H2,1-2H3;2*1-5H,(H,8,9). The lowest BCUT2D eigenvalue weighted by Crippen LogP contribution is -2.22. The van der Waals surface area contributed by atoms with Crippen molar-refractivity contribution in [1.29, 1.82) is 0 Å². The average Bonchev–Trinajstić information content (AvgIpc) is 2.75. The minimum Gasteiger partial charge on any atom is -0.478 e. The first-order chi connectivity index (χ1) is 13.9. The summed E-state index contributed by atoms with van der Waals surface area (Å²) in [7, 11) is 0. The zero-order valence-corrected chi connectivity index (χ0v) is 17.1. The Morgan fingerprint density at radius 2 is 1.24 bits per heavy atom. The van der Waals surface area contributed by atoms with E-state index in [0.717, 1.165) is 25.7 Å². The highest BCUT2D eigenvalue weighted by Crippen LogP contribution is 2.13. The SMILES string of the molecule is CCCCC(O)C(CC)CO.O=C(O)c1ccccc1.O=C(O)c1ccccc1. The Hall–Kier alpha value is -2.70. The van der Waals surface area contributed by atoms with Crippen LogP contribution in [0.5, 0.6) is 0 Å². The van der Waals surface area contributed by atoms with Crippen molar-refractivity contribution in [2.45, 2.75) is 45.6 Å². The molecule has 0 amide bonds. The van der Waals surface area contributed by atoms with Gasteiger partial charge in [-0.1, -0.05) is 63.1 Å². The smallest absolute Gasteiger partial charge is 0.335 e. The predicted molar refractivity (Wildman–Crippen MR) is 113 cm³/mol. The fourth-order valence-electron chi connectivity index (χ4n) is 2.33. The van der Waals surface area contributed by atoms with Crippen LogP contribution in [-0.4, -0.2) is 45.1 Å². The molecule has 0 aromatic heterocycles. The summed E-state index contributed by atoms with van der Waals surface area (Å²) in [6.45, 7) is 4.21. The highest BCUT2D eigenvalue weighted by molar-refractivity contribution is 5.87. The van der Waals surface area contributed by atoms with Crippen molar-refractivity contribution >= 4 is 11.9 Å².